The van der Waals surface area contributed by atoms with Crippen molar-refractivity contribution in [3.63, 3.8) is 0 Å². The van der Waals surface area contributed by atoms with Gasteiger partial charge in [-0.3, -0.25) is 0 Å². The first-order chi connectivity index (χ1) is 6.34. The highest BCUT2D eigenvalue weighted by Crippen LogP contribution is 2.41. The Morgan fingerprint density at radius 2 is 2.15 bits per heavy atom. The Morgan fingerprint density at radius 1 is 1.31 bits per heavy atom. The van der Waals surface area contributed by atoms with Crippen LogP contribution in [0.15, 0.2) is 24.4 Å². The minimum absolute atomic E-state index is 0.812. The van der Waals surface area contributed by atoms with E-state index in [1.807, 2.05) is 6.20 Å². The van der Waals surface area contributed by atoms with Crippen molar-refractivity contribution in [3.05, 3.63) is 35.0 Å². The van der Waals surface area contributed by atoms with Crippen LogP contribution in [-0.4, -0.2) is 4.98 Å². The summed E-state index contributed by atoms with van der Waals surface area (Å²) < 4.78 is 0. The van der Waals surface area contributed by atoms with Crippen LogP contribution in [0, 0.1) is 0 Å². The number of aromatic nitrogens is 1. The van der Waals surface area contributed by atoms with Crippen molar-refractivity contribution in [2.75, 3.05) is 0 Å². The summed E-state index contributed by atoms with van der Waals surface area (Å²) in [5.74, 6) is 0.812. The van der Waals surface area contributed by atoms with E-state index in [4.69, 9.17) is 11.6 Å². The molecule has 1 fully saturated rings. The smallest absolute Gasteiger partial charge is 0.0659 e. The molecule has 0 unspecified atom stereocenters. The number of rotatable bonds is 1. The van der Waals surface area contributed by atoms with Crippen LogP contribution in [0.1, 0.15) is 24.3 Å². The molecule has 1 heterocycles. The largest absolute Gasteiger partial charge is 0.360 e. The van der Waals surface area contributed by atoms with Gasteiger partial charge in [-0.25, -0.2) is 0 Å². The van der Waals surface area contributed by atoms with Crippen LogP contribution in [0.5, 0.6) is 0 Å². The monoisotopic (exact) mass is 191 g/mol. The highest BCUT2D eigenvalue weighted by Gasteiger charge is 2.23. The summed E-state index contributed by atoms with van der Waals surface area (Å²) in [5, 5.41) is 1.95. The summed E-state index contributed by atoms with van der Waals surface area (Å²) in [6, 6.07) is 6.53. The molecule has 1 aliphatic rings. The predicted octanol–water partition coefficient (Wildman–Crippen LogP) is 3.70. The topological polar surface area (TPSA) is 15.8 Å². The minimum Gasteiger partial charge on any atom is -0.360 e. The fraction of sp³-hybridized carbons (Fsp3) is 0.273. The van der Waals surface area contributed by atoms with Gasteiger partial charge in [0, 0.05) is 17.1 Å². The van der Waals surface area contributed by atoms with E-state index in [1.54, 1.807) is 0 Å². The van der Waals surface area contributed by atoms with Gasteiger partial charge < -0.3 is 4.98 Å². The van der Waals surface area contributed by atoms with Gasteiger partial charge in [0.25, 0.3) is 0 Å². The quantitative estimate of drug-likeness (QED) is 0.708. The van der Waals surface area contributed by atoms with Crippen molar-refractivity contribution in [3.8, 4) is 0 Å². The van der Waals surface area contributed by atoms with Crippen LogP contribution in [0.2, 0.25) is 5.02 Å². The van der Waals surface area contributed by atoms with Crippen molar-refractivity contribution in [2.24, 2.45) is 0 Å². The molecule has 0 spiro atoms. The van der Waals surface area contributed by atoms with Crippen LogP contribution >= 0.6 is 11.6 Å². The third-order valence-corrected chi connectivity index (χ3v) is 3.02. The number of H-pyrrole nitrogens is 1. The molecule has 0 saturated heterocycles. The molecule has 0 bridgehead atoms. The molecule has 66 valence electrons. The molecule has 1 aromatic carbocycles. The molecule has 13 heavy (non-hydrogen) atoms. The third-order valence-electron chi connectivity index (χ3n) is 2.70. The van der Waals surface area contributed by atoms with Crippen LogP contribution < -0.4 is 0 Å². The zero-order valence-corrected chi connectivity index (χ0v) is 7.93. The first-order valence-corrected chi connectivity index (χ1v) is 4.99. The Balaban J connectivity index is 2.21. The second-order valence-electron chi connectivity index (χ2n) is 3.72. The summed E-state index contributed by atoms with van der Waals surface area (Å²) in [4.78, 5) is 3.18. The lowest BCUT2D eigenvalue weighted by Gasteiger charge is -1.97. The van der Waals surface area contributed by atoms with Crippen molar-refractivity contribution in [1.29, 1.82) is 0 Å². The fourth-order valence-corrected chi connectivity index (χ4v) is 2.00. The first-order valence-electron chi connectivity index (χ1n) is 4.61. The molecule has 0 atom stereocenters. The van der Waals surface area contributed by atoms with Gasteiger partial charge >= 0.3 is 0 Å². The molecule has 1 nitrogen and oxygen atoms in total. The van der Waals surface area contributed by atoms with Crippen LogP contribution in [0.25, 0.3) is 10.9 Å². The molecule has 3 rings (SSSR count). The van der Waals surface area contributed by atoms with E-state index in [0.717, 1.165) is 21.8 Å². The molecule has 2 aromatic rings. The number of halogens is 1. The Hall–Kier alpha value is -0.950. The SMILES string of the molecule is Clc1c[nH]c2cc(C3CC3)ccc12. The fourth-order valence-electron chi connectivity index (χ4n) is 1.78. The van der Waals surface area contributed by atoms with E-state index in [9.17, 15) is 0 Å². The molecular weight excluding hydrogens is 182 g/mol. The van der Waals surface area contributed by atoms with Crippen LogP contribution in [0.4, 0.5) is 0 Å². The number of nitrogens with one attached hydrogen (secondary N) is 1. The second kappa shape index (κ2) is 2.52. The molecule has 0 amide bonds. The van der Waals surface area contributed by atoms with Crippen LogP contribution in [-0.2, 0) is 0 Å². The lowest BCUT2D eigenvalue weighted by Crippen LogP contribution is -1.77. The number of benzene rings is 1. The normalized spacial score (nSPS) is 16.7. The zero-order valence-electron chi connectivity index (χ0n) is 7.18. The van der Waals surface area contributed by atoms with Gasteiger partial charge in [-0.2, -0.15) is 0 Å². The average Bonchev–Trinajstić information content (AvgIpc) is 2.93. The minimum atomic E-state index is 0.812. The Morgan fingerprint density at radius 3 is 2.92 bits per heavy atom. The van der Waals surface area contributed by atoms with Gasteiger partial charge in [0.05, 0.1) is 5.02 Å². The number of hydrogen-bond acceptors (Lipinski definition) is 0. The van der Waals surface area contributed by atoms with E-state index in [0.29, 0.717) is 0 Å². The van der Waals surface area contributed by atoms with E-state index >= 15 is 0 Å². The van der Waals surface area contributed by atoms with Gasteiger partial charge in [-0.15, -0.1) is 0 Å². The molecule has 1 N–H and O–H groups in total. The van der Waals surface area contributed by atoms with Gasteiger partial charge in [0.1, 0.15) is 0 Å². The lowest BCUT2D eigenvalue weighted by molar-refractivity contribution is 1.13. The van der Waals surface area contributed by atoms with Gasteiger partial charge in [0.15, 0.2) is 0 Å². The van der Waals surface area contributed by atoms with E-state index in [-0.39, 0.29) is 0 Å². The summed E-state index contributed by atoms with van der Waals surface area (Å²) in [6.45, 7) is 0. The number of aromatic amines is 1. The van der Waals surface area contributed by atoms with Gasteiger partial charge in [-0.05, 0) is 30.4 Å². The highest BCUT2D eigenvalue weighted by atomic mass is 35.5. The highest BCUT2D eigenvalue weighted by molar-refractivity contribution is 6.35. The van der Waals surface area contributed by atoms with Crippen LogP contribution in [0.3, 0.4) is 0 Å². The van der Waals surface area contributed by atoms with E-state index in [1.165, 1.54) is 18.4 Å². The Bertz CT molecular complexity index is 454. The van der Waals surface area contributed by atoms with Crippen molar-refractivity contribution in [1.82, 2.24) is 4.98 Å². The second-order valence-corrected chi connectivity index (χ2v) is 4.12. The number of fused-ring (bicyclic) bond motifs is 1. The summed E-state index contributed by atoms with van der Waals surface area (Å²) in [5.41, 5.74) is 2.61. The summed E-state index contributed by atoms with van der Waals surface area (Å²) >= 11 is 5.99. The molecule has 0 radical (unpaired) electrons. The zero-order chi connectivity index (χ0) is 8.84. The maximum absolute atomic E-state index is 5.99. The summed E-state index contributed by atoms with van der Waals surface area (Å²) in [6.07, 6.45) is 4.54. The lowest BCUT2D eigenvalue weighted by atomic mass is 10.1. The van der Waals surface area contributed by atoms with Crippen molar-refractivity contribution >= 4 is 22.5 Å². The average molecular weight is 192 g/mol. The Kier molecular flexibility index (Phi) is 1.44. The molecule has 1 aliphatic carbocycles. The van der Waals surface area contributed by atoms with Crippen molar-refractivity contribution < 1.29 is 0 Å². The van der Waals surface area contributed by atoms with E-state index < -0.39 is 0 Å². The Labute approximate surface area is 81.7 Å². The third kappa shape index (κ3) is 1.15. The number of hydrogen-bond donors (Lipinski definition) is 1. The standard InChI is InChI=1S/C11H10ClN/c12-10-6-13-11-5-8(7-1-2-7)3-4-9(10)11/h3-7,13H,1-2H2. The molecule has 1 saturated carbocycles. The summed E-state index contributed by atoms with van der Waals surface area (Å²) in [7, 11) is 0. The van der Waals surface area contributed by atoms with Gasteiger partial charge in [-0.1, -0.05) is 23.7 Å². The molecule has 0 aliphatic heterocycles. The maximum atomic E-state index is 5.99. The predicted molar refractivity (Wildman–Crippen MR) is 55.3 cm³/mol. The van der Waals surface area contributed by atoms with Crippen molar-refractivity contribution in [2.45, 2.75) is 18.8 Å². The maximum Gasteiger partial charge on any atom is 0.0659 e. The molecule has 2 heteroatoms. The molecule has 1 aromatic heterocycles. The van der Waals surface area contributed by atoms with Gasteiger partial charge in [0.2, 0.25) is 0 Å². The molecular formula is C11H10ClN. The first kappa shape index (κ1) is 7.45. The van der Waals surface area contributed by atoms with E-state index in [2.05, 4.69) is 23.2 Å².